The van der Waals surface area contributed by atoms with E-state index < -0.39 is 0 Å². The fraction of sp³-hybridized carbons (Fsp3) is 0.625. The van der Waals surface area contributed by atoms with Crippen molar-refractivity contribution in [2.24, 2.45) is 0 Å². The minimum atomic E-state index is -0.141. The quantitative estimate of drug-likeness (QED) is 0.868. The minimum Gasteiger partial charge on any atom is -0.378 e. The lowest BCUT2D eigenvalue weighted by Crippen LogP contribution is -2.27. The third-order valence-electron chi connectivity index (χ3n) is 3.60. The number of nitrogens with one attached hydrogen (secondary N) is 1. The van der Waals surface area contributed by atoms with Crippen LogP contribution in [0.2, 0.25) is 5.15 Å². The lowest BCUT2D eigenvalue weighted by atomic mass is 9.91. The van der Waals surface area contributed by atoms with Crippen LogP contribution in [0.5, 0.6) is 0 Å². The fourth-order valence-corrected chi connectivity index (χ4v) is 2.54. The molecule has 5 heteroatoms. The normalized spacial score (nSPS) is 18.8. The highest BCUT2D eigenvalue weighted by atomic mass is 35.5. The van der Waals surface area contributed by atoms with Crippen LogP contribution in [-0.2, 0) is 10.2 Å². The van der Waals surface area contributed by atoms with Crippen LogP contribution in [0.15, 0.2) is 12.1 Å². The summed E-state index contributed by atoms with van der Waals surface area (Å²) < 4.78 is 5.54. The number of hydrogen-bond acceptors (Lipinski definition) is 3. The molecule has 0 radical (unpaired) electrons. The number of amides is 1. The summed E-state index contributed by atoms with van der Waals surface area (Å²) >= 11 is 6.03. The molecule has 1 aromatic rings. The molecule has 1 atom stereocenters. The molecule has 1 unspecified atom stereocenters. The molecule has 1 fully saturated rings. The minimum absolute atomic E-state index is 0.109. The standard InChI is InChI=1S/C16H23ClN2O2/c1-16(2,3)13-9-11(10-14(17)19-13)15(20)18-7-6-12-5-4-8-21-12/h9-10,12H,4-8H2,1-3H3,(H,18,20). The van der Waals surface area contributed by atoms with Crippen LogP contribution in [0, 0.1) is 0 Å². The van der Waals surface area contributed by atoms with E-state index in [1.807, 2.05) is 26.8 Å². The molecule has 2 rings (SSSR count). The average molecular weight is 311 g/mol. The molecular weight excluding hydrogens is 288 g/mol. The van der Waals surface area contributed by atoms with Gasteiger partial charge >= 0.3 is 0 Å². The van der Waals surface area contributed by atoms with Crippen molar-refractivity contribution < 1.29 is 9.53 Å². The first-order valence-corrected chi connectivity index (χ1v) is 7.82. The molecular formula is C16H23ClN2O2. The molecule has 1 amide bonds. The van der Waals surface area contributed by atoms with E-state index in [1.54, 1.807) is 6.07 Å². The van der Waals surface area contributed by atoms with E-state index in [2.05, 4.69) is 10.3 Å². The Morgan fingerprint density at radius 3 is 2.86 bits per heavy atom. The molecule has 2 heterocycles. The van der Waals surface area contributed by atoms with Gasteiger partial charge in [0.05, 0.1) is 6.10 Å². The van der Waals surface area contributed by atoms with Gasteiger partial charge in [-0.2, -0.15) is 0 Å². The number of halogens is 1. The number of hydrogen-bond donors (Lipinski definition) is 1. The van der Waals surface area contributed by atoms with Gasteiger partial charge in [-0.05, 0) is 31.4 Å². The van der Waals surface area contributed by atoms with Gasteiger partial charge < -0.3 is 10.1 Å². The second-order valence-electron chi connectivity index (χ2n) is 6.49. The molecule has 0 aliphatic carbocycles. The van der Waals surface area contributed by atoms with Crippen molar-refractivity contribution in [3.05, 3.63) is 28.5 Å². The van der Waals surface area contributed by atoms with Gasteiger partial charge in [-0.15, -0.1) is 0 Å². The molecule has 116 valence electrons. The number of aromatic nitrogens is 1. The van der Waals surface area contributed by atoms with Crippen molar-refractivity contribution in [3.8, 4) is 0 Å². The van der Waals surface area contributed by atoms with Crippen LogP contribution in [0.25, 0.3) is 0 Å². The highest BCUT2D eigenvalue weighted by Crippen LogP contribution is 2.23. The summed E-state index contributed by atoms with van der Waals surface area (Å²) in [6, 6.07) is 3.42. The van der Waals surface area contributed by atoms with E-state index in [9.17, 15) is 4.79 Å². The Morgan fingerprint density at radius 1 is 1.48 bits per heavy atom. The average Bonchev–Trinajstić information content (AvgIpc) is 2.90. The maximum atomic E-state index is 12.2. The lowest BCUT2D eigenvalue weighted by molar-refractivity contribution is 0.0907. The van der Waals surface area contributed by atoms with Gasteiger partial charge in [0, 0.05) is 29.8 Å². The molecule has 0 spiro atoms. The van der Waals surface area contributed by atoms with Crippen molar-refractivity contribution in [3.63, 3.8) is 0 Å². The molecule has 0 aromatic carbocycles. The largest absolute Gasteiger partial charge is 0.378 e. The maximum Gasteiger partial charge on any atom is 0.251 e. The van der Waals surface area contributed by atoms with E-state index in [0.717, 1.165) is 31.6 Å². The summed E-state index contributed by atoms with van der Waals surface area (Å²) in [4.78, 5) is 16.5. The number of ether oxygens (including phenoxy) is 1. The summed E-state index contributed by atoms with van der Waals surface area (Å²) in [5.41, 5.74) is 1.24. The van der Waals surface area contributed by atoms with Crippen LogP contribution >= 0.6 is 11.6 Å². The smallest absolute Gasteiger partial charge is 0.251 e. The van der Waals surface area contributed by atoms with E-state index in [1.165, 1.54) is 0 Å². The van der Waals surface area contributed by atoms with Crippen LogP contribution < -0.4 is 5.32 Å². The highest BCUT2D eigenvalue weighted by molar-refractivity contribution is 6.29. The molecule has 21 heavy (non-hydrogen) atoms. The van der Waals surface area contributed by atoms with Gasteiger partial charge in [0.15, 0.2) is 0 Å². The van der Waals surface area contributed by atoms with Gasteiger partial charge in [0.1, 0.15) is 5.15 Å². The van der Waals surface area contributed by atoms with E-state index >= 15 is 0 Å². The Bertz CT molecular complexity index is 505. The molecule has 1 N–H and O–H groups in total. The van der Waals surface area contributed by atoms with Crippen molar-refractivity contribution in [1.82, 2.24) is 10.3 Å². The Labute approximate surface area is 131 Å². The summed E-state index contributed by atoms with van der Waals surface area (Å²) in [5.74, 6) is -0.109. The predicted molar refractivity (Wildman–Crippen MR) is 83.9 cm³/mol. The number of rotatable bonds is 4. The monoisotopic (exact) mass is 310 g/mol. The summed E-state index contributed by atoms with van der Waals surface area (Å²) in [5, 5.41) is 3.28. The zero-order valence-corrected chi connectivity index (χ0v) is 13.7. The third kappa shape index (κ3) is 4.68. The molecule has 4 nitrogen and oxygen atoms in total. The summed E-state index contributed by atoms with van der Waals surface area (Å²) in [7, 11) is 0. The van der Waals surface area contributed by atoms with Crippen molar-refractivity contribution in [1.29, 1.82) is 0 Å². The second kappa shape index (κ2) is 6.75. The molecule has 1 aliphatic heterocycles. The van der Waals surface area contributed by atoms with Gasteiger partial charge in [0.25, 0.3) is 5.91 Å². The number of carbonyl (C=O) groups excluding carboxylic acids is 1. The summed E-state index contributed by atoms with van der Waals surface area (Å²) in [6.45, 7) is 7.60. The van der Waals surface area contributed by atoms with E-state index in [0.29, 0.717) is 17.3 Å². The molecule has 1 saturated heterocycles. The maximum absolute atomic E-state index is 12.2. The van der Waals surface area contributed by atoms with Gasteiger partial charge in [-0.25, -0.2) is 4.98 Å². The van der Waals surface area contributed by atoms with Crippen LogP contribution in [0.3, 0.4) is 0 Å². The Hall–Kier alpha value is -1.13. The first-order chi connectivity index (χ1) is 9.86. The zero-order valence-electron chi connectivity index (χ0n) is 12.9. The van der Waals surface area contributed by atoms with Crippen molar-refractivity contribution in [2.75, 3.05) is 13.2 Å². The van der Waals surface area contributed by atoms with Gasteiger partial charge in [0.2, 0.25) is 0 Å². The van der Waals surface area contributed by atoms with Crippen LogP contribution in [0.1, 0.15) is 56.1 Å². The molecule has 0 bridgehead atoms. The van der Waals surface area contributed by atoms with Crippen LogP contribution in [0.4, 0.5) is 0 Å². The number of nitrogens with zero attached hydrogens (tertiary/aromatic N) is 1. The predicted octanol–water partition coefficient (Wildman–Crippen LogP) is 3.33. The third-order valence-corrected chi connectivity index (χ3v) is 3.79. The van der Waals surface area contributed by atoms with Gasteiger partial charge in [-0.1, -0.05) is 32.4 Å². The number of pyridine rings is 1. The van der Waals surface area contributed by atoms with Gasteiger partial charge in [-0.3, -0.25) is 4.79 Å². The summed E-state index contributed by atoms with van der Waals surface area (Å²) in [6.07, 6.45) is 3.35. The molecule has 1 aliphatic rings. The molecule has 0 saturated carbocycles. The van der Waals surface area contributed by atoms with Crippen molar-refractivity contribution >= 4 is 17.5 Å². The lowest BCUT2D eigenvalue weighted by Gasteiger charge is -2.19. The second-order valence-corrected chi connectivity index (χ2v) is 6.88. The first kappa shape index (κ1) is 16.2. The number of carbonyl (C=O) groups is 1. The van der Waals surface area contributed by atoms with Crippen molar-refractivity contribution in [2.45, 2.75) is 51.6 Å². The SMILES string of the molecule is CC(C)(C)c1cc(C(=O)NCCC2CCCO2)cc(Cl)n1. The van der Waals surface area contributed by atoms with E-state index in [4.69, 9.17) is 16.3 Å². The first-order valence-electron chi connectivity index (χ1n) is 7.44. The molecule has 1 aromatic heterocycles. The Kier molecular flexibility index (Phi) is 5.22. The highest BCUT2D eigenvalue weighted by Gasteiger charge is 2.19. The van der Waals surface area contributed by atoms with E-state index in [-0.39, 0.29) is 17.4 Å². The Balaban J connectivity index is 1.96. The van der Waals surface area contributed by atoms with Crippen LogP contribution in [-0.4, -0.2) is 30.1 Å². The fourth-order valence-electron chi connectivity index (χ4n) is 2.33. The Morgan fingerprint density at radius 2 is 2.24 bits per heavy atom. The topological polar surface area (TPSA) is 51.2 Å². The zero-order chi connectivity index (χ0) is 15.5.